The average molecular weight is 247 g/mol. The van der Waals surface area contributed by atoms with Gasteiger partial charge in [-0.05, 0) is 0 Å². The summed E-state index contributed by atoms with van der Waals surface area (Å²) in [7, 11) is 0. The molecule has 0 spiro atoms. The molecular formula is C8H11BrN2O2. The summed E-state index contributed by atoms with van der Waals surface area (Å²) in [5, 5.41) is 6.53. The standard InChI is InChI=1S/C8H11BrN2O2/c1-5(2)6-3-7(11-13-6)10-8(12)4-9/h3,5H,4H2,1-2H3,(H,10,11,12). The summed E-state index contributed by atoms with van der Waals surface area (Å²) in [6, 6.07) is 1.73. The van der Waals surface area contributed by atoms with Crippen molar-refractivity contribution >= 4 is 27.7 Å². The zero-order valence-corrected chi connectivity index (χ0v) is 9.09. The molecule has 1 rings (SSSR count). The van der Waals surface area contributed by atoms with Gasteiger partial charge in [0.15, 0.2) is 5.82 Å². The fourth-order valence-electron chi connectivity index (χ4n) is 0.797. The summed E-state index contributed by atoms with van der Waals surface area (Å²) in [4.78, 5) is 10.9. The highest BCUT2D eigenvalue weighted by Crippen LogP contribution is 2.17. The average Bonchev–Trinajstić information content (AvgIpc) is 2.52. The molecule has 0 aliphatic carbocycles. The number of carbonyl (C=O) groups is 1. The molecule has 5 heteroatoms. The number of rotatable bonds is 3. The van der Waals surface area contributed by atoms with E-state index in [1.165, 1.54) is 0 Å². The fourth-order valence-corrected chi connectivity index (χ4v) is 0.937. The lowest BCUT2D eigenvalue weighted by atomic mass is 10.2. The predicted octanol–water partition coefficient (Wildman–Crippen LogP) is 2.13. The maximum Gasteiger partial charge on any atom is 0.236 e. The second kappa shape index (κ2) is 4.41. The van der Waals surface area contributed by atoms with Crippen LogP contribution in [0.3, 0.4) is 0 Å². The van der Waals surface area contributed by atoms with E-state index in [0.717, 1.165) is 5.76 Å². The lowest BCUT2D eigenvalue weighted by Crippen LogP contribution is -2.12. The van der Waals surface area contributed by atoms with E-state index < -0.39 is 0 Å². The van der Waals surface area contributed by atoms with Gasteiger partial charge in [0.1, 0.15) is 5.76 Å². The Balaban J connectivity index is 2.64. The van der Waals surface area contributed by atoms with Crippen molar-refractivity contribution in [3.8, 4) is 0 Å². The number of aromatic nitrogens is 1. The van der Waals surface area contributed by atoms with E-state index >= 15 is 0 Å². The van der Waals surface area contributed by atoms with Crippen molar-refractivity contribution in [1.29, 1.82) is 0 Å². The van der Waals surface area contributed by atoms with Crippen LogP contribution in [0, 0.1) is 0 Å². The van der Waals surface area contributed by atoms with Crippen LogP contribution < -0.4 is 5.32 Å². The van der Waals surface area contributed by atoms with Gasteiger partial charge in [-0.15, -0.1) is 0 Å². The van der Waals surface area contributed by atoms with Crippen molar-refractivity contribution in [2.45, 2.75) is 19.8 Å². The van der Waals surface area contributed by atoms with Gasteiger partial charge in [-0.2, -0.15) is 0 Å². The second-order valence-corrected chi connectivity index (χ2v) is 3.51. The number of alkyl halides is 1. The first-order valence-electron chi connectivity index (χ1n) is 3.96. The van der Waals surface area contributed by atoms with Crippen LogP contribution in [0.1, 0.15) is 25.5 Å². The van der Waals surface area contributed by atoms with E-state index in [2.05, 4.69) is 26.4 Å². The Kier molecular flexibility index (Phi) is 3.48. The summed E-state index contributed by atoms with van der Waals surface area (Å²) < 4.78 is 4.99. The third-order valence-corrected chi connectivity index (χ3v) is 2.00. The summed E-state index contributed by atoms with van der Waals surface area (Å²) in [5.41, 5.74) is 0. The Hall–Kier alpha value is -0.840. The van der Waals surface area contributed by atoms with Crippen molar-refractivity contribution in [3.63, 3.8) is 0 Å². The molecule has 1 heterocycles. The van der Waals surface area contributed by atoms with Crippen LogP contribution in [-0.2, 0) is 4.79 Å². The van der Waals surface area contributed by atoms with Gasteiger partial charge in [-0.1, -0.05) is 34.9 Å². The first-order valence-corrected chi connectivity index (χ1v) is 5.08. The van der Waals surface area contributed by atoms with Crippen LogP contribution in [0.4, 0.5) is 5.82 Å². The lowest BCUT2D eigenvalue weighted by molar-refractivity contribution is -0.113. The zero-order valence-electron chi connectivity index (χ0n) is 7.50. The number of hydrogen-bond donors (Lipinski definition) is 1. The number of nitrogens with one attached hydrogen (secondary N) is 1. The number of anilines is 1. The minimum Gasteiger partial charge on any atom is -0.359 e. The fraction of sp³-hybridized carbons (Fsp3) is 0.500. The van der Waals surface area contributed by atoms with Crippen LogP contribution >= 0.6 is 15.9 Å². The normalized spacial score (nSPS) is 10.5. The summed E-state index contributed by atoms with van der Waals surface area (Å²) in [5.74, 6) is 1.38. The van der Waals surface area contributed by atoms with E-state index in [4.69, 9.17) is 4.52 Å². The van der Waals surface area contributed by atoms with Gasteiger partial charge in [-0.3, -0.25) is 4.79 Å². The van der Waals surface area contributed by atoms with Crippen molar-refractivity contribution in [2.24, 2.45) is 0 Å². The molecule has 1 amide bonds. The molecule has 0 saturated heterocycles. The number of nitrogens with zero attached hydrogens (tertiary/aromatic N) is 1. The van der Waals surface area contributed by atoms with Crippen molar-refractivity contribution < 1.29 is 9.32 Å². The van der Waals surface area contributed by atoms with Crippen LogP contribution in [-0.4, -0.2) is 16.4 Å². The van der Waals surface area contributed by atoms with E-state index in [-0.39, 0.29) is 17.2 Å². The van der Waals surface area contributed by atoms with E-state index in [0.29, 0.717) is 5.82 Å². The first-order chi connectivity index (χ1) is 6.13. The molecule has 0 atom stereocenters. The number of carbonyl (C=O) groups excluding carboxylic acids is 1. The molecule has 72 valence electrons. The van der Waals surface area contributed by atoms with Crippen molar-refractivity contribution in [2.75, 3.05) is 10.6 Å². The Morgan fingerprint density at radius 3 is 2.92 bits per heavy atom. The smallest absolute Gasteiger partial charge is 0.236 e. The molecule has 13 heavy (non-hydrogen) atoms. The van der Waals surface area contributed by atoms with E-state index in [1.807, 2.05) is 13.8 Å². The van der Waals surface area contributed by atoms with Crippen molar-refractivity contribution in [1.82, 2.24) is 5.16 Å². The van der Waals surface area contributed by atoms with Crippen molar-refractivity contribution in [3.05, 3.63) is 11.8 Å². The summed E-state index contributed by atoms with van der Waals surface area (Å²) in [6.07, 6.45) is 0. The molecular weight excluding hydrogens is 236 g/mol. The van der Waals surface area contributed by atoms with Gasteiger partial charge >= 0.3 is 0 Å². The molecule has 4 nitrogen and oxygen atoms in total. The van der Waals surface area contributed by atoms with Gasteiger partial charge < -0.3 is 9.84 Å². The Morgan fingerprint density at radius 1 is 1.77 bits per heavy atom. The monoisotopic (exact) mass is 246 g/mol. The molecule has 0 unspecified atom stereocenters. The molecule has 0 fully saturated rings. The SMILES string of the molecule is CC(C)c1cc(NC(=O)CBr)no1. The maximum absolute atomic E-state index is 10.9. The van der Waals surface area contributed by atoms with Gasteiger partial charge in [-0.25, -0.2) is 0 Å². The molecule has 0 radical (unpaired) electrons. The summed E-state index contributed by atoms with van der Waals surface area (Å²) >= 11 is 3.04. The molecule has 1 aromatic rings. The van der Waals surface area contributed by atoms with Gasteiger partial charge in [0.25, 0.3) is 0 Å². The van der Waals surface area contributed by atoms with Crippen LogP contribution in [0.15, 0.2) is 10.6 Å². The molecule has 0 aliphatic rings. The Morgan fingerprint density at radius 2 is 2.46 bits per heavy atom. The van der Waals surface area contributed by atoms with Gasteiger partial charge in [0, 0.05) is 12.0 Å². The largest absolute Gasteiger partial charge is 0.359 e. The topological polar surface area (TPSA) is 55.1 Å². The van der Waals surface area contributed by atoms with Crippen LogP contribution in [0.25, 0.3) is 0 Å². The quantitative estimate of drug-likeness (QED) is 0.832. The number of halogens is 1. The second-order valence-electron chi connectivity index (χ2n) is 2.95. The maximum atomic E-state index is 10.9. The van der Waals surface area contributed by atoms with Gasteiger partial charge in [0.2, 0.25) is 5.91 Å². The Labute approximate surface area is 84.8 Å². The predicted molar refractivity (Wildman–Crippen MR) is 53.0 cm³/mol. The molecule has 0 aromatic carbocycles. The minimum absolute atomic E-state index is 0.136. The van der Waals surface area contributed by atoms with Gasteiger partial charge in [0.05, 0.1) is 5.33 Å². The molecule has 1 N–H and O–H groups in total. The van der Waals surface area contributed by atoms with Crippen LogP contribution in [0.5, 0.6) is 0 Å². The molecule has 0 aliphatic heterocycles. The highest BCUT2D eigenvalue weighted by atomic mass is 79.9. The lowest BCUT2D eigenvalue weighted by Gasteiger charge is -1.95. The molecule has 0 bridgehead atoms. The number of amides is 1. The zero-order chi connectivity index (χ0) is 9.84. The minimum atomic E-state index is -0.136. The number of hydrogen-bond acceptors (Lipinski definition) is 3. The third-order valence-electron chi connectivity index (χ3n) is 1.49. The molecule has 0 saturated carbocycles. The van der Waals surface area contributed by atoms with E-state index in [1.54, 1.807) is 6.07 Å². The molecule has 1 aromatic heterocycles. The third kappa shape index (κ3) is 2.84. The first kappa shape index (κ1) is 10.2. The highest BCUT2D eigenvalue weighted by molar-refractivity contribution is 9.09. The summed E-state index contributed by atoms with van der Waals surface area (Å²) in [6.45, 7) is 3.99. The van der Waals surface area contributed by atoms with E-state index in [9.17, 15) is 4.79 Å². The Bertz CT molecular complexity index is 296. The highest BCUT2D eigenvalue weighted by Gasteiger charge is 2.09. The van der Waals surface area contributed by atoms with Crippen LogP contribution in [0.2, 0.25) is 0 Å².